The molecule has 4 heterocycles. The van der Waals surface area contributed by atoms with Gasteiger partial charge in [0.1, 0.15) is 22.9 Å². The fourth-order valence-electron chi connectivity index (χ4n) is 4.34. The van der Waals surface area contributed by atoms with Crippen LogP contribution in [0.1, 0.15) is 53.2 Å². The molecule has 1 fully saturated rings. The Morgan fingerprint density at radius 2 is 2.06 bits per heavy atom. The first-order valence-corrected chi connectivity index (χ1v) is 11.3. The van der Waals surface area contributed by atoms with Gasteiger partial charge >= 0.3 is 0 Å². The summed E-state index contributed by atoms with van der Waals surface area (Å²) in [5.41, 5.74) is 11.3. The molecule has 33 heavy (non-hydrogen) atoms. The number of nitrogens with zero attached hydrogens (tertiary/aromatic N) is 4. The highest BCUT2D eigenvalue weighted by atomic mass is 16.1. The van der Waals surface area contributed by atoms with E-state index in [4.69, 9.17) is 10.7 Å². The van der Waals surface area contributed by atoms with Gasteiger partial charge in [0.25, 0.3) is 5.91 Å². The van der Waals surface area contributed by atoms with E-state index >= 15 is 0 Å². The average molecular weight is 442 g/mol. The second-order valence-corrected chi connectivity index (χ2v) is 8.27. The monoisotopic (exact) mass is 441 g/mol. The maximum Gasteiger partial charge on any atom is 0.251 e. The standard InChI is InChI=1S/C25H27N7O/c1-2-16-9-11-27-19(14-16)15-30-25(33)18-7-5-17(6-8-18)21-22-23(26)29-12-13-32(22)24(31-21)20-4-3-10-28-20/h5-9,11-14,20,28H,2-4,10,15H2,1H3,(H2,26,29)(H,30,33)/t20-/m0/s1. The van der Waals surface area contributed by atoms with Crippen LogP contribution in [-0.2, 0) is 13.0 Å². The summed E-state index contributed by atoms with van der Waals surface area (Å²) in [7, 11) is 0. The molecule has 1 aromatic carbocycles. The van der Waals surface area contributed by atoms with E-state index in [1.807, 2.05) is 47.0 Å². The normalized spacial score (nSPS) is 15.7. The van der Waals surface area contributed by atoms with E-state index in [0.29, 0.717) is 17.9 Å². The summed E-state index contributed by atoms with van der Waals surface area (Å²) in [6.07, 6.45) is 8.48. The van der Waals surface area contributed by atoms with Gasteiger partial charge in [0.2, 0.25) is 0 Å². The van der Waals surface area contributed by atoms with Crippen LogP contribution in [0.15, 0.2) is 55.0 Å². The van der Waals surface area contributed by atoms with Gasteiger partial charge in [-0.2, -0.15) is 0 Å². The van der Waals surface area contributed by atoms with Gasteiger partial charge in [-0.15, -0.1) is 0 Å². The molecule has 0 unspecified atom stereocenters. The van der Waals surface area contributed by atoms with Crippen LogP contribution in [0.4, 0.5) is 5.82 Å². The van der Waals surface area contributed by atoms with Crippen LogP contribution in [0.2, 0.25) is 0 Å². The molecular weight excluding hydrogens is 414 g/mol. The van der Waals surface area contributed by atoms with Crippen molar-refractivity contribution in [3.63, 3.8) is 0 Å². The van der Waals surface area contributed by atoms with Crippen molar-refractivity contribution in [2.45, 2.75) is 38.8 Å². The van der Waals surface area contributed by atoms with Crippen molar-refractivity contribution in [2.75, 3.05) is 12.3 Å². The Morgan fingerprint density at radius 3 is 2.82 bits per heavy atom. The summed E-state index contributed by atoms with van der Waals surface area (Å²) < 4.78 is 2.03. The molecule has 1 aliphatic heterocycles. The van der Waals surface area contributed by atoms with Crippen LogP contribution in [0.3, 0.4) is 0 Å². The first kappa shape index (κ1) is 21.1. The first-order chi connectivity index (χ1) is 16.1. The Morgan fingerprint density at radius 1 is 1.21 bits per heavy atom. The van der Waals surface area contributed by atoms with E-state index in [2.05, 4.69) is 27.5 Å². The quantitative estimate of drug-likeness (QED) is 0.424. The Bertz CT molecular complexity index is 1290. The summed E-state index contributed by atoms with van der Waals surface area (Å²) in [5.74, 6) is 1.24. The lowest BCUT2D eigenvalue weighted by atomic mass is 10.1. The molecule has 1 atom stereocenters. The number of carbonyl (C=O) groups excluding carboxylic acids is 1. The molecule has 8 nitrogen and oxygen atoms in total. The molecule has 1 saturated heterocycles. The number of carbonyl (C=O) groups is 1. The molecular formula is C25H27N7O. The SMILES string of the molecule is CCc1ccnc(CNC(=O)c2ccc(-c3nc([C@@H]4CCCN4)n4ccnc(N)c34)cc2)c1. The van der Waals surface area contributed by atoms with Gasteiger partial charge in [-0.3, -0.25) is 14.2 Å². The van der Waals surface area contributed by atoms with Crippen molar-refractivity contribution in [3.05, 3.63) is 77.6 Å². The van der Waals surface area contributed by atoms with E-state index in [0.717, 1.165) is 54.1 Å². The molecule has 168 valence electrons. The molecule has 1 amide bonds. The van der Waals surface area contributed by atoms with Crippen LogP contribution in [0.25, 0.3) is 16.8 Å². The molecule has 0 aliphatic carbocycles. The van der Waals surface area contributed by atoms with Crippen molar-refractivity contribution in [1.29, 1.82) is 0 Å². The van der Waals surface area contributed by atoms with E-state index in [9.17, 15) is 4.79 Å². The molecule has 4 N–H and O–H groups in total. The lowest BCUT2D eigenvalue weighted by molar-refractivity contribution is 0.0950. The van der Waals surface area contributed by atoms with Crippen LogP contribution in [0, 0.1) is 0 Å². The number of pyridine rings is 1. The van der Waals surface area contributed by atoms with Gasteiger partial charge in [-0.05, 0) is 55.6 Å². The van der Waals surface area contributed by atoms with Gasteiger partial charge in [0.05, 0.1) is 18.3 Å². The number of benzene rings is 1. The highest BCUT2D eigenvalue weighted by molar-refractivity contribution is 5.95. The summed E-state index contributed by atoms with van der Waals surface area (Å²) in [6, 6.07) is 11.6. The minimum atomic E-state index is -0.142. The molecule has 1 aliphatic rings. The van der Waals surface area contributed by atoms with Gasteiger partial charge in [0, 0.05) is 29.7 Å². The number of amides is 1. The van der Waals surface area contributed by atoms with E-state index in [1.54, 1.807) is 12.4 Å². The zero-order valence-corrected chi connectivity index (χ0v) is 18.6. The number of hydrogen-bond donors (Lipinski definition) is 3. The average Bonchev–Trinajstić information content (AvgIpc) is 3.51. The number of hydrogen-bond acceptors (Lipinski definition) is 6. The fourth-order valence-corrected chi connectivity index (χ4v) is 4.34. The number of nitrogens with two attached hydrogens (primary N) is 1. The number of rotatable bonds is 6. The van der Waals surface area contributed by atoms with Crippen molar-refractivity contribution in [2.24, 2.45) is 0 Å². The van der Waals surface area contributed by atoms with Crippen molar-refractivity contribution >= 4 is 17.2 Å². The maximum absolute atomic E-state index is 12.7. The van der Waals surface area contributed by atoms with E-state index in [1.165, 1.54) is 5.56 Å². The largest absolute Gasteiger partial charge is 0.382 e. The minimum absolute atomic E-state index is 0.142. The predicted octanol–water partition coefficient (Wildman–Crippen LogP) is 3.29. The van der Waals surface area contributed by atoms with Crippen LogP contribution < -0.4 is 16.4 Å². The Hall–Kier alpha value is -3.78. The summed E-state index contributed by atoms with van der Waals surface area (Å²) >= 11 is 0. The highest BCUT2D eigenvalue weighted by Gasteiger charge is 2.24. The number of aromatic nitrogens is 4. The number of aryl methyl sites for hydroxylation is 1. The summed E-state index contributed by atoms with van der Waals surface area (Å²) in [6.45, 7) is 3.47. The second-order valence-electron chi connectivity index (χ2n) is 8.27. The fraction of sp³-hybridized carbons (Fsp3) is 0.280. The third-order valence-electron chi connectivity index (χ3n) is 6.12. The summed E-state index contributed by atoms with van der Waals surface area (Å²) in [4.78, 5) is 26.2. The first-order valence-electron chi connectivity index (χ1n) is 11.3. The molecule has 0 spiro atoms. The zero-order valence-electron chi connectivity index (χ0n) is 18.6. The van der Waals surface area contributed by atoms with E-state index in [-0.39, 0.29) is 11.9 Å². The van der Waals surface area contributed by atoms with Crippen LogP contribution in [0.5, 0.6) is 0 Å². The third-order valence-corrected chi connectivity index (χ3v) is 6.12. The van der Waals surface area contributed by atoms with Crippen molar-refractivity contribution < 1.29 is 4.79 Å². The number of imidazole rings is 1. The number of nitrogens with one attached hydrogen (secondary N) is 2. The molecule has 3 aromatic heterocycles. The zero-order chi connectivity index (χ0) is 22.8. The van der Waals surface area contributed by atoms with Crippen LogP contribution in [-0.4, -0.2) is 31.8 Å². The van der Waals surface area contributed by atoms with Gasteiger partial charge in [-0.1, -0.05) is 19.1 Å². The predicted molar refractivity (Wildman–Crippen MR) is 128 cm³/mol. The third kappa shape index (κ3) is 4.17. The van der Waals surface area contributed by atoms with Crippen molar-refractivity contribution in [3.8, 4) is 11.3 Å². The van der Waals surface area contributed by atoms with Gasteiger partial charge in [-0.25, -0.2) is 9.97 Å². The minimum Gasteiger partial charge on any atom is -0.382 e. The molecule has 0 bridgehead atoms. The molecule has 4 aromatic rings. The Balaban J connectivity index is 1.38. The second kappa shape index (κ2) is 8.99. The van der Waals surface area contributed by atoms with Gasteiger partial charge < -0.3 is 16.4 Å². The topological polar surface area (TPSA) is 110 Å². The van der Waals surface area contributed by atoms with Crippen molar-refractivity contribution in [1.82, 2.24) is 30.0 Å². The molecule has 8 heteroatoms. The number of nitrogen functional groups attached to an aromatic ring is 1. The highest BCUT2D eigenvalue weighted by Crippen LogP contribution is 2.32. The lowest BCUT2D eigenvalue weighted by Crippen LogP contribution is -2.23. The Labute approximate surface area is 192 Å². The number of anilines is 1. The Kier molecular flexibility index (Phi) is 5.75. The van der Waals surface area contributed by atoms with Crippen LogP contribution >= 0.6 is 0 Å². The van der Waals surface area contributed by atoms with Gasteiger partial charge in [0.15, 0.2) is 0 Å². The lowest BCUT2D eigenvalue weighted by Gasteiger charge is -2.08. The smallest absolute Gasteiger partial charge is 0.251 e. The molecule has 0 radical (unpaired) electrons. The summed E-state index contributed by atoms with van der Waals surface area (Å²) in [5, 5.41) is 6.45. The number of fused-ring (bicyclic) bond motifs is 1. The van der Waals surface area contributed by atoms with E-state index < -0.39 is 0 Å². The maximum atomic E-state index is 12.7. The molecule has 0 saturated carbocycles. The molecule has 5 rings (SSSR count).